The smallest absolute Gasteiger partial charge is 0.273 e. The van der Waals surface area contributed by atoms with Crippen LogP contribution in [0.1, 0.15) is 17.4 Å². The van der Waals surface area contributed by atoms with Crippen LogP contribution in [-0.2, 0) is 11.3 Å². The van der Waals surface area contributed by atoms with E-state index in [2.05, 4.69) is 15.6 Å². The third kappa shape index (κ3) is 4.49. The normalized spacial score (nSPS) is 12.4. The van der Waals surface area contributed by atoms with Crippen molar-refractivity contribution < 1.29 is 9.53 Å². The largest absolute Gasteiger partial charge is 0.384 e. The van der Waals surface area contributed by atoms with E-state index < -0.39 is 0 Å². The lowest BCUT2D eigenvalue weighted by Crippen LogP contribution is -2.30. The predicted octanol–water partition coefficient (Wildman–Crippen LogP) is -0.751. The van der Waals surface area contributed by atoms with Crippen LogP contribution < -0.4 is 11.1 Å². The summed E-state index contributed by atoms with van der Waals surface area (Å²) in [4.78, 5) is 11.7. The molecule has 0 spiro atoms. The number of carbonyl (C=O) groups excluding carboxylic acids is 1. The quantitative estimate of drug-likeness (QED) is 0.655. The van der Waals surface area contributed by atoms with Gasteiger partial charge in [-0.15, -0.1) is 5.10 Å². The molecule has 7 nitrogen and oxygen atoms in total. The third-order valence-corrected chi connectivity index (χ3v) is 2.19. The third-order valence-electron chi connectivity index (χ3n) is 2.19. The molecule has 0 saturated carbocycles. The number of amides is 1. The monoisotopic (exact) mass is 241 g/mol. The van der Waals surface area contributed by atoms with Crippen LogP contribution in [0.4, 0.5) is 0 Å². The van der Waals surface area contributed by atoms with Crippen LogP contribution in [0, 0.1) is 5.92 Å². The maximum Gasteiger partial charge on any atom is 0.273 e. The lowest BCUT2D eigenvalue weighted by molar-refractivity contribution is 0.0929. The number of nitrogens with two attached hydrogens (primary N) is 1. The fourth-order valence-corrected chi connectivity index (χ4v) is 1.34. The zero-order valence-corrected chi connectivity index (χ0v) is 10.2. The first kappa shape index (κ1) is 13.6. The first-order chi connectivity index (χ1) is 8.17. The summed E-state index contributed by atoms with van der Waals surface area (Å²) in [6.45, 7) is 4.18. The molecule has 0 fully saturated rings. The van der Waals surface area contributed by atoms with Gasteiger partial charge in [0.15, 0.2) is 5.69 Å². The maximum absolute atomic E-state index is 11.7. The number of carbonyl (C=O) groups is 1. The van der Waals surface area contributed by atoms with E-state index in [1.54, 1.807) is 18.0 Å². The van der Waals surface area contributed by atoms with E-state index in [0.29, 0.717) is 31.9 Å². The van der Waals surface area contributed by atoms with Crippen LogP contribution in [0.3, 0.4) is 0 Å². The Balaban J connectivity index is 2.40. The van der Waals surface area contributed by atoms with E-state index in [4.69, 9.17) is 10.5 Å². The Kier molecular flexibility index (Phi) is 5.58. The second kappa shape index (κ2) is 6.97. The van der Waals surface area contributed by atoms with Crippen LogP contribution >= 0.6 is 0 Å². The lowest BCUT2D eigenvalue weighted by Gasteiger charge is -2.10. The summed E-state index contributed by atoms with van der Waals surface area (Å²) >= 11 is 0. The molecule has 1 atom stereocenters. The van der Waals surface area contributed by atoms with Crippen molar-refractivity contribution in [3.63, 3.8) is 0 Å². The van der Waals surface area contributed by atoms with Gasteiger partial charge in [0.05, 0.1) is 19.3 Å². The number of rotatable bonds is 7. The first-order valence-electron chi connectivity index (χ1n) is 5.54. The van der Waals surface area contributed by atoms with Gasteiger partial charge in [0.2, 0.25) is 0 Å². The summed E-state index contributed by atoms with van der Waals surface area (Å²) in [7, 11) is 1.64. The molecule has 1 unspecified atom stereocenters. The number of aromatic nitrogens is 3. The number of nitrogens with one attached hydrogen (secondary N) is 1. The molecule has 3 N–H and O–H groups in total. The zero-order chi connectivity index (χ0) is 12.7. The van der Waals surface area contributed by atoms with Crippen LogP contribution in [0.25, 0.3) is 0 Å². The van der Waals surface area contributed by atoms with Crippen molar-refractivity contribution in [2.24, 2.45) is 11.7 Å². The van der Waals surface area contributed by atoms with Gasteiger partial charge in [-0.3, -0.25) is 9.48 Å². The zero-order valence-electron chi connectivity index (χ0n) is 10.2. The highest BCUT2D eigenvalue weighted by atomic mass is 16.5. The summed E-state index contributed by atoms with van der Waals surface area (Å²) in [6.07, 6.45) is 1.59. The molecule has 0 radical (unpaired) electrons. The van der Waals surface area contributed by atoms with Gasteiger partial charge >= 0.3 is 0 Å². The summed E-state index contributed by atoms with van der Waals surface area (Å²) in [5.41, 5.74) is 5.68. The van der Waals surface area contributed by atoms with Gasteiger partial charge in [0.1, 0.15) is 0 Å². The van der Waals surface area contributed by atoms with Gasteiger partial charge in [-0.05, 0) is 5.92 Å². The number of nitrogens with zero attached hydrogens (tertiary/aromatic N) is 3. The lowest BCUT2D eigenvalue weighted by atomic mass is 10.2. The summed E-state index contributed by atoms with van der Waals surface area (Å²) in [5, 5.41) is 10.3. The molecule has 1 aromatic rings. The molecule has 17 heavy (non-hydrogen) atoms. The Morgan fingerprint density at radius 2 is 2.47 bits per heavy atom. The average Bonchev–Trinajstić information content (AvgIpc) is 2.75. The van der Waals surface area contributed by atoms with Gasteiger partial charge < -0.3 is 15.8 Å². The SMILES string of the molecule is COCC(C)CNC(=O)c1cn(CCN)nn1. The summed E-state index contributed by atoms with van der Waals surface area (Å²) in [5.74, 6) is 0.0410. The average molecular weight is 241 g/mol. The molecule has 96 valence electrons. The molecular formula is C10H19N5O2. The molecular weight excluding hydrogens is 222 g/mol. The first-order valence-corrected chi connectivity index (χ1v) is 5.54. The Labute approximate surface area is 100 Å². The van der Waals surface area contributed by atoms with Gasteiger partial charge in [-0.1, -0.05) is 12.1 Å². The molecule has 0 aliphatic rings. The Hall–Kier alpha value is -1.47. The summed E-state index contributed by atoms with van der Waals surface area (Å²) < 4.78 is 6.53. The molecule has 1 aromatic heterocycles. The molecule has 0 bridgehead atoms. The topological polar surface area (TPSA) is 95.1 Å². The van der Waals surface area contributed by atoms with Crippen molar-refractivity contribution in [2.75, 3.05) is 26.8 Å². The van der Waals surface area contributed by atoms with E-state index in [1.165, 1.54) is 0 Å². The van der Waals surface area contributed by atoms with Crippen molar-refractivity contribution in [1.29, 1.82) is 0 Å². The molecule has 0 aliphatic carbocycles. The fourth-order valence-electron chi connectivity index (χ4n) is 1.34. The van der Waals surface area contributed by atoms with Gasteiger partial charge in [0.25, 0.3) is 5.91 Å². The van der Waals surface area contributed by atoms with E-state index in [-0.39, 0.29) is 11.8 Å². The van der Waals surface area contributed by atoms with Gasteiger partial charge in [-0.25, -0.2) is 0 Å². The Morgan fingerprint density at radius 3 is 3.12 bits per heavy atom. The standard InChI is InChI=1S/C10H19N5O2/c1-8(7-17-2)5-12-10(16)9-6-15(4-3-11)14-13-9/h6,8H,3-5,7,11H2,1-2H3,(H,12,16). The highest BCUT2D eigenvalue weighted by molar-refractivity contribution is 5.91. The molecule has 1 amide bonds. The molecule has 1 rings (SSSR count). The van der Waals surface area contributed by atoms with E-state index >= 15 is 0 Å². The molecule has 0 aliphatic heterocycles. The van der Waals surface area contributed by atoms with Gasteiger partial charge in [0, 0.05) is 20.2 Å². The highest BCUT2D eigenvalue weighted by Gasteiger charge is 2.11. The van der Waals surface area contributed by atoms with E-state index in [9.17, 15) is 4.79 Å². The fraction of sp³-hybridized carbons (Fsp3) is 0.700. The van der Waals surface area contributed by atoms with Crippen molar-refractivity contribution in [2.45, 2.75) is 13.5 Å². The highest BCUT2D eigenvalue weighted by Crippen LogP contribution is 1.96. The molecule has 0 aromatic carbocycles. The maximum atomic E-state index is 11.7. The second-order valence-electron chi connectivity index (χ2n) is 3.93. The molecule has 7 heteroatoms. The minimum absolute atomic E-state index is 0.226. The van der Waals surface area contributed by atoms with Crippen molar-refractivity contribution in [3.8, 4) is 0 Å². The van der Waals surface area contributed by atoms with E-state index in [0.717, 1.165) is 0 Å². The van der Waals surface area contributed by atoms with Crippen LogP contribution in [0.15, 0.2) is 6.20 Å². The Bertz CT molecular complexity index is 352. The van der Waals surface area contributed by atoms with Crippen LogP contribution in [0.5, 0.6) is 0 Å². The minimum atomic E-state index is -0.226. The van der Waals surface area contributed by atoms with E-state index in [1.807, 2.05) is 6.92 Å². The second-order valence-corrected chi connectivity index (χ2v) is 3.93. The van der Waals surface area contributed by atoms with Crippen molar-refractivity contribution >= 4 is 5.91 Å². The Morgan fingerprint density at radius 1 is 1.71 bits per heavy atom. The number of ether oxygens (including phenoxy) is 1. The van der Waals surface area contributed by atoms with Crippen molar-refractivity contribution in [3.05, 3.63) is 11.9 Å². The summed E-state index contributed by atoms with van der Waals surface area (Å²) in [6, 6.07) is 0. The minimum Gasteiger partial charge on any atom is -0.384 e. The van der Waals surface area contributed by atoms with Crippen LogP contribution in [0.2, 0.25) is 0 Å². The molecule has 1 heterocycles. The predicted molar refractivity (Wildman–Crippen MR) is 62.4 cm³/mol. The van der Waals surface area contributed by atoms with Crippen LogP contribution in [-0.4, -0.2) is 47.7 Å². The number of hydrogen-bond acceptors (Lipinski definition) is 5. The number of hydrogen-bond donors (Lipinski definition) is 2. The van der Waals surface area contributed by atoms with Crippen molar-refractivity contribution in [1.82, 2.24) is 20.3 Å². The molecule has 0 saturated heterocycles. The van der Waals surface area contributed by atoms with Gasteiger partial charge in [-0.2, -0.15) is 0 Å². The number of methoxy groups -OCH3 is 1.